The molecule has 1 saturated heterocycles. The number of carbonyl (C=O) groups is 1. The zero-order valence-electron chi connectivity index (χ0n) is 16.1. The van der Waals surface area contributed by atoms with Gasteiger partial charge in [-0.2, -0.15) is 4.31 Å². The summed E-state index contributed by atoms with van der Waals surface area (Å²) in [4.78, 5) is 12.4. The largest absolute Gasteiger partial charge is 0.496 e. The molecule has 6 nitrogen and oxygen atoms in total. The maximum Gasteiger partial charge on any atom is 0.243 e. The van der Waals surface area contributed by atoms with Gasteiger partial charge in [-0.1, -0.05) is 13.8 Å². The van der Waals surface area contributed by atoms with Gasteiger partial charge >= 0.3 is 0 Å². The van der Waals surface area contributed by atoms with Crippen LogP contribution in [0.15, 0.2) is 23.1 Å². The highest BCUT2D eigenvalue weighted by Gasteiger charge is 2.27. The van der Waals surface area contributed by atoms with Gasteiger partial charge in [-0.3, -0.25) is 4.79 Å². The van der Waals surface area contributed by atoms with Crippen molar-refractivity contribution >= 4 is 15.9 Å². The Morgan fingerprint density at radius 1 is 1.23 bits per heavy atom. The first kappa shape index (κ1) is 20.7. The molecule has 0 bridgehead atoms. The molecule has 1 aliphatic rings. The van der Waals surface area contributed by atoms with Crippen LogP contribution in [0.2, 0.25) is 0 Å². The van der Waals surface area contributed by atoms with E-state index in [4.69, 9.17) is 4.74 Å². The van der Waals surface area contributed by atoms with Crippen molar-refractivity contribution in [2.75, 3.05) is 20.2 Å². The number of nitrogens with one attached hydrogen (secondary N) is 1. The van der Waals surface area contributed by atoms with Crippen LogP contribution in [-0.4, -0.2) is 44.9 Å². The molecule has 1 atom stereocenters. The third-order valence-electron chi connectivity index (χ3n) is 4.96. The standard InChI is InChI=1S/C19H30N2O4S/c1-14(2)15(3)20-19(22)10-7-16-13-17(8-9-18(16)25-4)26(23,24)21-11-5-6-12-21/h8-9,13-15H,5-7,10-12H2,1-4H3,(H,20,22)/t15-/m0/s1. The predicted molar refractivity (Wildman–Crippen MR) is 102 cm³/mol. The number of nitrogens with zero attached hydrogens (tertiary/aromatic N) is 1. The molecule has 0 aromatic heterocycles. The summed E-state index contributed by atoms with van der Waals surface area (Å²) < 4.78 is 32.4. The Bertz CT molecular complexity index is 725. The minimum atomic E-state index is -3.48. The van der Waals surface area contributed by atoms with Crippen LogP contribution in [0, 0.1) is 5.92 Å². The second-order valence-corrected chi connectivity index (χ2v) is 9.12. The zero-order valence-corrected chi connectivity index (χ0v) is 16.9. The SMILES string of the molecule is COc1ccc(S(=O)(=O)N2CCCC2)cc1CCC(=O)N[C@@H](C)C(C)C. The van der Waals surface area contributed by atoms with E-state index in [1.54, 1.807) is 25.3 Å². The number of ether oxygens (including phenoxy) is 1. The normalized spacial score (nSPS) is 16.7. The lowest BCUT2D eigenvalue weighted by Crippen LogP contribution is -2.36. The van der Waals surface area contributed by atoms with Crippen molar-refractivity contribution in [1.29, 1.82) is 0 Å². The van der Waals surface area contributed by atoms with Crippen molar-refractivity contribution in [2.24, 2.45) is 5.92 Å². The number of carbonyl (C=O) groups excluding carboxylic acids is 1. The Hall–Kier alpha value is -1.60. The lowest BCUT2D eigenvalue weighted by Gasteiger charge is -2.18. The minimum Gasteiger partial charge on any atom is -0.496 e. The highest BCUT2D eigenvalue weighted by atomic mass is 32.2. The third-order valence-corrected chi connectivity index (χ3v) is 6.86. The molecule has 0 saturated carbocycles. The van der Waals surface area contributed by atoms with Gasteiger partial charge < -0.3 is 10.1 Å². The topological polar surface area (TPSA) is 75.7 Å². The molecule has 7 heteroatoms. The summed E-state index contributed by atoms with van der Waals surface area (Å²) in [5.74, 6) is 0.929. The van der Waals surface area contributed by atoms with Gasteiger partial charge in [-0.15, -0.1) is 0 Å². The van der Waals surface area contributed by atoms with E-state index in [1.165, 1.54) is 4.31 Å². The quantitative estimate of drug-likeness (QED) is 0.750. The van der Waals surface area contributed by atoms with Crippen molar-refractivity contribution < 1.29 is 17.9 Å². The fourth-order valence-corrected chi connectivity index (χ4v) is 4.50. The molecule has 1 amide bonds. The Kier molecular flexibility index (Phi) is 7.06. The molecular formula is C19H30N2O4S. The van der Waals surface area contributed by atoms with Gasteiger partial charge in [0.25, 0.3) is 0 Å². The van der Waals surface area contributed by atoms with Gasteiger partial charge in [-0.05, 0) is 55.9 Å². The molecular weight excluding hydrogens is 352 g/mol. The zero-order chi connectivity index (χ0) is 19.3. The van der Waals surface area contributed by atoms with E-state index in [9.17, 15) is 13.2 Å². The Morgan fingerprint density at radius 3 is 2.46 bits per heavy atom. The molecule has 0 radical (unpaired) electrons. The number of rotatable bonds is 8. The summed E-state index contributed by atoms with van der Waals surface area (Å²) in [5.41, 5.74) is 0.736. The second kappa shape index (κ2) is 8.86. The molecule has 26 heavy (non-hydrogen) atoms. The second-order valence-electron chi connectivity index (χ2n) is 7.19. The van der Waals surface area contributed by atoms with Crippen molar-refractivity contribution in [3.8, 4) is 5.75 Å². The molecule has 1 N–H and O–H groups in total. The van der Waals surface area contributed by atoms with Crippen molar-refractivity contribution in [1.82, 2.24) is 9.62 Å². The number of amides is 1. The Labute approximate surface area is 157 Å². The highest BCUT2D eigenvalue weighted by Crippen LogP contribution is 2.27. The minimum absolute atomic E-state index is 0.0407. The molecule has 1 aliphatic heterocycles. The van der Waals surface area contributed by atoms with E-state index >= 15 is 0 Å². The number of sulfonamides is 1. The molecule has 146 valence electrons. The molecule has 0 unspecified atom stereocenters. The van der Waals surface area contributed by atoms with E-state index in [0.29, 0.717) is 37.6 Å². The summed E-state index contributed by atoms with van der Waals surface area (Å²) in [6, 6.07) is 5.00. The molecule has 1 aromatic carbocycles. The van der Waals surface area contributed by atoms with E-state index in [1.807, 2.05) is 6.92 Å². The van der Waals surface area contributed by atoms with Crippen LogP contribution >= 0.6 is 0 Å². The fraction of sp³-hybridized carbons (Fsp3) is 0.632. The van der Waals surface area contributed by atoms with Gasteiger partial charge in [-0.25, -0.2) is 8.42 Å². The van der Waals surface area contributed by atoms with Crippen LogP contribution < -0.4 is 10.1 Å². The van der Waals surface area contributed by atoms with Gasteiger partial charge in [0.05, 0.1) is 12.0 Å². The van der Waals surface area contributed by atoms with Crippen molar-refractivity contribution in [3.63, 3.8) is 0 Å². The maximum absolute atomic E-state index is 12.8. The van der Waals surface area contributed by atoms with E-state index in [0.717, 1.165) is 18.4 Å². The molecule has 2 rings (SSSR count). The van der Waals surface area contributed by atoms with Crippen LogP contribution in [0.5, 0.6) is 5.75 Å². The summed E-state index contributed by atoms with van der Waals surface area (Å²) in [7, 11) is -1.93. The molecule has 0 aliphatic carbocycles. The average Bonchev–Trinajstić information content (AvgIpc) is 3.15. The maximum atomic E-state index is 12.8. The van der Waals surface area contributed by atoms with Crippen molar-refractivity contribution in [2.45, 2.75) is 57.4 Å². The van der Waals surface area contributed by atoms with Crippen molar-refractivity contribution in [3.05, 3.63) is 23.8 Å². The van der Waals surface area contributed by atoms with Gasteiger partial charge in [0, 0.05) is 25.6 Å². The predicted octanol–water partition coefficient (Wildman–Crippen LogP) is 2.57. The number of methoxy groups -OCH3 is 1. The van der Waals surface area contributed by atoms with E-state index in [-0.39, 0.29) is 16.8 Å². The number of hydrogen-bond donors (Lipinski definition) is 1. The van der Waals surface area contributed by atoms with Crippen LogP contribution in [0.3, 0.4) is 0 Å². The highest BCUT2D eigenvalue weighted by molar-refractivity contribution is 7.89. The van der Waals surface area contributed by atoms with Gasteiger partial charge in [0.1, 0.15) is 5.75 Å². The van der Waals surface area contributed by atoms with Crippen LogP contribution in [0.1, 0.15) is 45.6 Å². The Balaban J connectivity index is 2.13. The average molecular weight is 383 g/mol. The van der Waals surface area contributed by atoms with E-state index in [2.05, 4.69) is 19.2 Å². The lowest BCUT2D eigenvalue weighted by atomic mass is 10.1. The molecule has 0 spiro atoms. The van der Waals surface area contributed by atoms with Crippen LogP contribution in [0.4, 0.5) is 0 Å². The first-order chi connectivity index (χ1) is 12.3. The summed E-state index contributed by atoms with van der Waals surface area (Å²) in [6.45, 7) is 7.23. The first-order valence-electron chi connectivity index (χ1n) is 9.22. The lowest BCUT2D eigenvalue weighted by molar-refractivity contribution is -0.121. The molecule has 1 heterocycles. The van der Waals surface area contributed by atoms with Gasteiger partial charge in [0.2, 0.25) is 15.9 Å². The van der Waals surface area contributed by atoms with Crippen LogP contribution in [-0.2, 0) is 21.2 Å². The van der Waals surface area contributed by atoms with E-state index < -0.39 is 10.0 Å². The molecule has 1 fully saturated rings. The Morgan fingerprint density at radius 2 is 1.88 bits per heavy atom. The number of benzene rings is 1. The molecule has 1 aromatic rings. The summed E-state index contributed by atoms with van der Waals surface area (Å²) in [6.07, 6.45) is 2.52. The summed E-state index contributed by atoms with van der Waals surface area (Å²) >= 11 is 0. The first-order valence-corrected chi connectivity index (χ1v) is 10.7. The number of hydrogen-bond acceptors (Lipinski definition) is 4. The van der Waals surface area contributed by atoms with Crippen LogP contribution in [0.25, 0.3) is 0 Å². The monoisotopic (exact) mass is 382 g/mol. The number of aryl methyl sites for hydroxylation is 1. The third kappa shape index (κ3) is 4.98. The fourth-order valence-electron chi connectivity index (χ4n) is 2.93. The van der Waals surface area contributed by atoms with Gasteiger partial charge in [0.15, 0.2) is 0 Å². The summed E-state index contributed by atoms with van der Waals surface area (Å²) in [5, 5.41) is 2.97. The smallest absolute Gasteiger partial charge is 0.243 e.